The van der Waals surface area contributed by atoms with Gasteiger partial charge in [0.15, 0.2) is 14.2 Å². The van der Waals surface area contributed by atoms with Gasteiger partial charge in [-0.05, 0) is 18.6 Å². The number of nitrogens with one attached hydrogen (secondary N) is 1. The van der Waals surface area contributed by atoms with Crippen LogP contribution in [0.1, 0.15) is 6.42 Å². The number of carbonyl (C=O) groups is 1. The molecule has 1 amide bonds. The summed E-state index contributed by atoms with van der Waals surface area (Å²) in [5.74, 6) is -0.253. The van der Waals surface area contributed by atoms with Crippen molar-refractivity contribution in [2.75, 3.05) is 29.6 Å². The highest BCUT2D eigenvalue weighted by molar-refractivity contribution is 8.01. The molecule has 0 saturated carbocycles. The molecule has 2 aromatic rings. The molecular weight excluding hydrogens is 399 g/mol. The quantitative estimate of drug-likeness (QED) is 0.722. The van der Waals surface area contributed by atoms with Crippen LogP contribution in [0.4, 0.5) is 15.2 Å². The Kier molecular flexibility index (Phi) is 5.78. The SMILES string of the molecule is CN(C(=O)CSc1nnc(Nc2ccccc2F)s1)[C@H]1CCS(=O)(=O)C1. The second-order valence-corrected chi connectivity index (χ2v) is 10.3. The summed E-state index contributed by atoms with van der Waals surface area (Å²) in [4.78, 5) is 13.8. The second kappa shape index (κ2) is 7.89. The molecule has 11 heteroatoms. The number of carbonyl (C=O) groups excluding carboxylic acids is 1. The lowest BCUT2D eigenvalue weighted by atomic mass is 10.2. The van der Waals surface area contributed by atoms with Gasteiger partial charge < -0.3 is 10.2 Å². The fourth-order valence-corrected chi connectivity index (χ4v) is 5.97. The molecule has 2 heterocycles. The largest absolute Gasteiger partial charge is 0.341 e. The first-order chi connectivity index (χ1) is 12.3. The van der Waals surface area contributed by atoms with Crippen molar-refractivity contribution >= 4 is 49.7 Å². The molecule has 1 aliphatic rings. The van der Waals surface area contributed by atoms with Crippen LogP contribution in [0.3, 0.4) is 0 Å². The summed E-state index contributed by atoms with van der Waals surface area (Å²) in [7, 11) is -1.41. The molecule has 1 aromatic carbocycles. The van der Waals surface area contributed by atoms with E-state index in [4.69, 9.17) is 0 Å². The Morgan fingerprint density at radius 1 is 1.42 bits per heavy atom. The fraction of sp³-hybridized carbons (Fsp3) is 0.400. The Morgan fingerprint density at radius 3 is 2.88 bits per heavy atom. The summed E-state index contributed by atoms with van der Waals surface area (Å²) in [6, 6.07) is 5.98. The number of thioether (sulfide) groups is 1. The van der Waals surface area contributed by atoms with Crippen molar-refractivity contribution in [2.24, 2.45) is 0 Å². The molecule has 0 radical (unpaired) electrons. The molecule has 26 heavy (non-hydrogen) atoms. The zero-order valence-electron chi connectivity index (χ0n) is 13.9. The van der Waals surface area contributed by atoms with E-state index in [-0.39, 0.29) is 35.0 Å². The van der Waals surface area contributed by atoms with Crippen LogP contribution < -0.4 is 5.32 Å². The average molecular weight is 417 g/mol. The first-order valence-electron chi connectivity index (χ1n) is 7.78. The van der Waals surface area contributed by atoms with E-state index >= 15 is 0 Å². The summed E-state index contributed by atoms with van der Waals surface area (Å²) in [5, 5.41) is 11.2. The van der Waals surface area contributed by atoms with Crippen molar-refractivity contribution in [3.63, 3.8) is 0 Å². The number of amides is 1. The van der Waals surface area contributed by atoms with Crippen LogP contribution in [0.5, 0.6) is 0 Å². The van der Waals surface area contributed by atoms with Crippen molar-refractivity contribution in [1.82, 2.24) is 15.1 Å². The topological polar surface area (TPSA) is 92.3 Å². The van der Waals surface area contributed by atoms with Crippen LogP contribution >= 0.6 is 23.1 Å². The molecule has 1 aromatic heterocycles. The van der Waals surface area contributed by atoms with Gasteiger partial charge >= 0.3 is 0 Å². The maximum Gasteiger partial charge on any atom is 0.233 e. The predicted molar refractivity (Wildman–Crippen MR) is 100 cm³/mol. The molecule has 3 rings (SSSR count). The lowest BCUT2D eigenvalue weighted by Gasteiger charge is -2.22. The molecular formula is C15H17FN4O3S3. The molecule has 1 saturated heterocycles. The molecule has 0 aliphatic carbocycles. The minimum Gasteiger partial charge on any atom is -0.341 e. The number of anilines is 2. The highest BCUT2D eigenvalue weighted by Crippen LogP contribution is 2.29. The van der Waals surface area contributed by atoms with E-state index in [1.54, 1.807) is 25.2 Å². The zero-order chi connectivity index (χ0) is 18.7. The van der Waals surface area contributed by atoms with Crippen molar-refractivity contribution in [1.29, 1.82) is 0 Å². The molecule has 1 fully saturated rings. The zero-order valence-corrected chi connectivity index (χ0v) is 16.3. The normalized spacial score (nSPS) is 18.6. The van der Waals surface area contributed by atoms with Gasteiger partial charge in [0.1, 0.15) is 5.82 Å². The number of sulfone groups is 1. The summed E-state index contributed by atoms with van der Waals surface area (Å²) in [5.41, 5.74) is 0.304. The van der Waals surface area contributed by atoms with Crippen LogP contribution in [-0.4, -0.2) is 59.8 Å². The summed E-state index contributed by atoms with van der Waals surface area (Å²) < 4.78 is 37.3. The Balaban J connectivity index is 1.53. The van der Waals surface area contributed by atoms with Crippen LogP contribution in [-0.2, 0) is 14.6 Å². The van der Waals surface area contributed by atoms with Gasteiger partial charge in [0.25, 0.3) is 0 Å². The maximum atomic E-state index is 13.6. The number of hydrogen-bond acceptors (Lipinski definition) is 8. The molecule has 0 unspecified atom stereocenters. The Hall–Kier alpha value is -1.72. The monoisotopic (exact) mass is 416 g/mol. The number of aromatic nitrogens is 2. The van der Waals surface area contributed by atoms with Gasteiger partial charge in [0, 0.05) is 13.1 Å². The van der Waals surface area contributed by atoms with Crippen LogP contribution in [0.25, 0.3) is 0 Å². The van der Waals surface area contributed by atoms with Gasteiger partial charge in [-0.25, -0.2) is 12.8 Å². The molecule has 140 valence electrons. The van der Waals surface area contributed by atoms with Gasteiger partial charge in [-0.15, -0.1) is 10.2 Å². The number of halogens is 1. The van der Waals surface area contributed by atoms with Gasteiger partial charge in [-0.1, -0.05) is 35.2 Å². The molecule has 1 N–H and O–H groups in total. The van der Waals surface area contributed by atoms with Gasteiger partial charge in [-0.2, -0.15) is 0 Å². The maximum absolute atomic E-state index is 13.6. The van der Waals surface area contributed by atoms with Gasteiger partial charge in [0.2, 0.25) is 11.0 Å². The third kappa shape index (κ3) is 4.71. The summed E-state index contributed by atoms with van der Waals surface area (Å²) >= 11 is 2.44. The average Bonchev–Trinajstić information content (AvgIpc) is 3.20. The van der Waals surface area contributed by atoms with E-state index in [0.29, 0.717) is 21.6 Å². The molecule has 7 nitrogen and oxygen atoms in total. The van der Waals surface area contributed by atoms with E-state index in [9.17, 15) is 17.6 Å². The van der Waals surface area contributed by atoms with Crippen molar-refractivity contribution in [3.8, 4) is 0 Å². The highest BCUT2D eigenvalue weighted by Gasteiger charge is 2.32. The van der Waals surface area contributed by atoms with E-state index in [0.717, 1.165) is 0 Å². The van der Waals surface area contributed by atoms with Crippen LogP contribution in [0, 0.1) is 5.82 Å². The Morgan fingerprint density at radius 2 is 2.19 bits per heavy atom. The van der Waals surface area contributed by atoms with Gasteiger partial charge in [-0.3, -0.25) is 4.79 Å². The number of nitrogens with zero attached hydrogens (tertiary/aromatic N) is 3. The summed E-state index contributed by atoms with van der Waals surface area (Å²) in [6.45, 7) is 0. The highest BCUT2D eigenvalue weighted by atomic mass is 32.2. The lowest BCUT2D eigenvalue weighted by Crippen LogP contribution is -2.38. The van der Waals surface area contributed by atoms with E-state index in [2.05, 4.69) is 15.5 Å². The lowest BCUT2D eigenvalue weighted by molar-refractivity contribution is -0.128. The van der Waals surface area contributed by atoms with Gasteiger partial charge in [0.05, 0.1) is 22.9 Å². The third-order valence-corrected chi connectivity index (χ3v) is 7.70. The van der Waals surface area contributed by atoms with Crippen molar-refractivity contribution < 1.29 is 17.6 Å². The number of para-hydroxylation sites is 1. The Labute approximate surface area is 158 Å². The smallest absolute Gasteiger partial charge is 0.233 e. The summed E-state index contributed by atoms with van der Waals surface area (Å²) in [6.07, 6.45) is 0.477. The van der Waals surface area contributed by atoms with Crippen molar-refractivity contribution in [2.45, 2.75) is 16.8 Å². The molecule has 0 bridgehead atoms. The fourth-order valence-electron chi connectivity index (χ4n) is 2.51. The van der Waals surface area contributed by atoms with E-state index in [1.165, 1.54) is 34.1 Å². The molecule has 0 spiro atoms. The first kappa shape index (κ1) is 19.1. The second-order valence-electron chi connectivity index (χ2n) is 5.83. The van der Waals surface area contributed by atoms with E-state index in [1.807, 2.05) is 0 Å². The Bertz CT molecular complexity index is 903. The number of rotatable bonds is 6. The van der Waals surface area contributed by atoms with Crippen molar-refractivity contribution in [3.05, 3.63) is 30.1 Å². The minimum atomic E-state index is -3.03. The predicted octanol–water partition coefficient (Wildman–Crippen LogP) is 2.16. The van der Waals surface area contributed by atoms with Crippen LogP contribution in [0.2, 0.25) is 0 Å². The molecule has 1 aliphatic heterocycles. The molecule has 1 atom stereocenters. The first-order valence-corrected chi connectivity index (χ1v) is 11.4. The number of hydrogen-bond donors (Lipinski definition) is 1. The standard InChI is InChI=1S/C15H17FN4O3S3/c1-20(10-6-7-26(22,23)9-10)13(21)8-24-15-19-18-14(25-15)17-12-5-3-2-4-11(12)16/h2-5,10H,6-9H2,1H3,(H,17,18)/t10-/m0/s1. The number of benzene rings is 1. The van der Waals surface area contributed by atoms with Crippen LogP contribution in [0.15, 0.2) is 28.6 Å². The third-order valence-electron chi connectivity index (χ3n) is 3.99. The minimum absolute atomic E-state index is 0.0232. The van der Waals surface area contributed by atoms with E-state index < -0.39 is 9.84 Å².